The van der Waals surface area contributed by atoms with E-state index in [1.54, 1.807) is 25.3 Å². The lowest BCUT2D eigenvalue weighted by Gasteiger charge is -2.09. The molecule has 0 bridgehead atoms. The fourth-order valence-electron chi connectivity index (χ4n) is 2.06. The Bertz CT molecular complexity index is 818. The lowest BCUT2D eigenvalue weighted by molar-refractivity contribution is -0.152. The Morgan fingerprint density at radius 1 is 1.45 bits per heavy atom. The van der Waals surface area contributed by atoms with Crippen LogP contribution in [0.25, 0.3) is 16.6 Å². The summed E-state index contributed by atoms with van der Waals surface area (Å²) in [5.41, 5.74) is 0.866. The minimum atomic E-state index is -1.21. The number of esters is 1. The zero-order valence-corrected chi connectivity index (χ0v) is 11.6. The molecule has 1 aliphatic heterocycles. The largest absolute Gasteiger partial charge is 0.476 e. The maximum atomic E-state index is 11.4. The smallest absolute Gasteiger partial charge is 0.357 e. The van der Waals surface area contributed by atoms with Gasteiger partial charge in [-0.1, -0.05) is 18.2 Å². The molecule has 22 heavy (non-hydrogen) atoms. The van der Waals surface area contributed by atoms with Crippen molar-refractivity contribution in [3.63, 3.8) is 0 Å². The second-order valence-corrected chi connectivity index (χ2v) is 4.68. The molecule has 1 unspecified atom stereocenters. The number of cyclic esters (lactones) is 1. The summed E-state index contributed by atoms with van der Waals surface area (Å²) in [6, 6.07) is 7.19. The number of carboxylic acids is 1. The number of hydrogen-bond donors (Lipinski definition) is 1. The standard InChI is InChI=1S/C15H12N2O5/c1-9-6-13(22-15(9)20)21-8-12(14(18)19)17-11-5-3-2-4-10(11)7-16-17/h2-8,13H,1H3,(H,18,19)/b12-8-. The first-order valence-corrected chi connectivity index (χ1v) is 6.48. The molecule has 2 aromatic rings. The SMILES string of the molecule is CC1=CC(O/C=C(/C(=O)O)n2ncc3ccccc32)OC1=O. The summed E-state index contributed by atoms with van der Waals surface area (Å²) < 4.78 is 11.4. The van der Waals surface area contributed by atoms with Crippen molar-refractivity contribution in [2.45, 2.75) is 13.2 Å². The molecule has 1 atom stereocenters. The van der Waals surface area contributed by atoms with Crippen LogP contribution in [0.1, 0.15) is 6.92 Å². The predicted molar refractivity (Wildman–Crippen MR) is 76.4 cm³/mol. The third-order valence-corrected chi connectivity index (χ3v) is 3.17. The van der Waals surface area contributed by atoms with Crippen LogP contribution in [0.3, 0.4) is 0 Å². The van der Waals surface area contributed by atoms with Gasteiger partial charge in [0.2, 0.25) is 0 Å². The minimum Gasteiger partial charge on any atom is -0.476 e. The van der Waals surface area contributed by atoms with E-state index in [-0.39, 0.29) is 5.70 Å². The zero-order valence-electron chi connectivity index (χ0n) is 11.6. The van der Waals surface area contributed by atoms with E-state index < -0.39 is 18.2 Å². The molecule has 1 aliphatic rings. The van der Waals surface area contributed by atoms with Gasteiger partial charge in [-0.15, -0.1) is 0 Å². The van der Waals surface area contributed by atoms with Gasteiger partial charge in [0.25, 0.3) is 6.29 Å². The third kappa shape index (κ3) is 2.44. The van der Waals surface area contributed by atoms with Crippen LogP contribution >= 0.6 is 0 Å². The molecule has 0 aliphatic carbocycles. The van der Waals surface area contributed by atoms with Crippen molar-refractivity contribution in [2.24, 2.45) is 0 Å². The minimum absolute atomic E-state index is 0.185. The summed E-state index contributed by atoms with van der Waals surface area (Å²) in [5, 5.41) is 14.2. The van der Waals surface area contributed by atoms with Gasteiger partial charge in [0.05, 0.1) is 11.7 Å². The van der Waals surface area contributed by atoms with Crippen molar-refractivity contribution in [2.75, 3.05) is 0 Å². The number of rotatable bonds is 4. The number of fused-ring (bicyclic) bond motifs is 1. The lowest BCUT2D eigenvalue weighted by atomic mass is 10.2. The summed E-state index contributed by atoms with van der Waals surface area (Å²) in [6.07, 6.45) is 3.13. The maximum Gasteiger partial charge on any atom is 0.357 e. The Hall–Kier alpha value is -3.09. The Balaban J connectivity index is 1.92. The number of carbonyl (C=O) groups is 2. The van der Waals surface area contributed by atoms with Gasteiger partial charge in [-0.05, 0) is 13.0 Å². The second kappa shape index (κ2) is 5.36. The number of benzene rings is 1. The van der Waals surface area contributed by atoms with Gasteiger partial charge < -0.3 is 14.6 Å². The van der Waals surface area contributed by atoms with Crippen molar-refractivity contribution in [3.8, 4) is 0 Å². The molecule has 7 nitrogen and oxygen atoms in total. The Kier molecular flexibility index (Phi) is 3.38. The first kappa shape index (κ1) is 13.9. The van der Waals surface area contributed by atoms with Crippen molar-refractivity contribution in [3.05, 3.63) is 48.4 Å². The highest BCUT2D eigenvalue weighted by molar-refractivity contribution is 6.10. The fraction of sp³-hybridized carbons (Fsp3) is 0.133. The summed E-state index contributed by atoms with van der Waals surface area (Å²) in [7, 11) is 0. The predicted octanol–water partition coefficient (Wildman–Crippen LogP) is 1.77. The van der Waals surface area contributed by atoms with Crippen molar-refractivity contribution in [1.82, 2.24) is 9.78 Å². The van der Waals surface area contributed by atoms with Crippen LogP contribution in [0.5, 0.6) is 0 Å². The molecule has 1 aromatic carbocycles. The molecule has 112 valence electrons. The van der Waals surface area contributed by atoms with Gasteiger partial charge in [-0.3, -0.25) is 0 Å². The van der Waals surface area contributed by atoms with E-state index in [1.165, 1.54) is 10.8 Å². The summed E-state index contributed by atoms with van der Waals surface area (Å²) in [6.45, 7) is 1.59. The lowest BCUT2D eigenvalue weighted by Crippen LogP contribution is -2.13. The molecule has 0 saturated heterocycles. The van der Waals surface area contributed by atoms with E-state index >= 15 is 0 Å². The van der Waals surface area contributed by atoms with E-state index in [0.29, 0.717) is 11.1 Å². The highest BCUT2D eigenvalue weighted by Crippen LogP contribution is 2.19. The van der Waals surface area contributed by atoms with E-state index in [1.807, 2.05) is 12.1 Å². The van der Waals surface area contributed by atoms with Crippen molar-refractivity contribution in [1.29, 1.82) is 0 Å². The molecular weight excluding hydrogens is 288 g/mol. The van der Waals surface area contributed by atoms with Crippen LogP contribution in [0, 0.1) is 0 Å². The topological polar surface area (TPSA) is 90.7 Å². The van der Waals surface area contributed by atoms with Gasteiger partial charge in [0, 0.05) is 17.0 Å². The first-order valence-electron chi connectivity index (χ1n) is 6.48. The van der Waals surface area contributed by atoms with Gasteiger partial charge in [-0.2, -0.15) is 5.10 Å². The maximum absolute atomic E-state index is 11.4. The van der Waals surface area contributed by atoms with Gasteiger partial charge in [0.1, 0.15) is 6.26 Å². The number of aliphatic carboxylic acids is 1. The van der Waals surface area contributed by atoms with Crippen LogP contribution in [-0.4, -0.2) is 33.1 Å². The van der Waals surface area contributed by atoms with Gasteiger partial charge in [0.15, 0.2) is 5.70 Å². The van der Waals surface area contributed by atoms with Crippen LogP contribution < -0.4 is 0 Å². The van der Waals surface area contributed by atoms with E-state index in [9.17, 15) is 14.7 Å². The molecule has 1 N–H and O–H groups in total. The number of carboxylic acid groups (broad SMARTS) is 1. The van der Waals surface area contributed by atoms with Crippen molar-refractivity contribution >= 4 is 28.5 Å². The average molecular weight is 300 g/mol. The number of aromatic nitrogens is 2. The van der Waals surface area contributed by atoms with Crippen LogP contribution in [0.2, 0.25) is 0 Å². The molecule has 0 amide bonds. The highest BCUT2D eigenvalue weighted by Gasteiger charge is 2.23. The molecule has 0 fully saturated rings. The van der Waals surface area contributed by atoms with Crippen molar-refractivity contribution < 1.29 is 24.2 Å². The quantitative estimate of drug-likeness (QED) is 0.525. The van der Waals surface area contributed by atoms with Gasteiger partial charge >= 0.3 is 11.9 Å². The molecular formula is C15H12N2O5. The van der Waals surface area contributed by atoms with E-state index in [2.05, 4.69) is 5.10 Å². The van der Waals surface area contributed by atoms with E-state index in [4.69, 9.17) is 9.47 Å². The molecule has 0 spiro atoms. The highest BCUT2D eigenvalue weighted by atomic mass is 16.7. The fourth-order valence-corrected chi connectivity index (χ4v) is 2.06. The van der Waals surface area contributed by atoms with Gasteiger partial charge in [-0.25, -0.2) is 14.3 Å². The Labute approximate surface area is 125 Å². The number of hydrogen-bond acceptors (Lipinski definition) is 5. The number of ether oxygens (including phenoxy) is 2. The Morgan fingerprint density at radius 2 is 2.23 bits per heavy atom. The zero-order chi connectivity index (χ0) is 15.7. The van der Waals surface area contributed by atoms with Crippen LogP contribution in [0.15, 0.2) is 48.4 Å². The molecule has 7 heteroatoms. The average Bonchev–Trinajstić information content (AvgIpc) is 3.04. The molecule has 3 rings (SSSR count). The second-order valence-electron chi connectivity index (χ2n) is 4.68. The molecule has 0 saturated carbocycles. The molecule has 1 aromatic heterocycles. The normalized spacial score (nSPS) is 18.2. The first-order chi connectivity index (χ1) is 10.6. The summed E-state index contributed by atoms with van der Waals surface area (Å²) in [4.78, 5) is 22.7. The Morgan fingerprint density at radius 3 is 2.91 bits per heavy atom. The van der Waals surface area contributed by atoms with Crippen LogP contribution in [-0.2, 0) is 19.1 Å². The summed E-state index contributed by atoms with van der Waals surface area (Å²) in [5.74, 6) is -1.70. The molecule has 2 heterocycles. The summed E-state index contributed by atoms with van der Waals surface area (Å²) >= 11 is 0. The number of para-hydroxylation sites is 1. The monoisotopic (exact) mass is 300 g/mol. The third-order valence-electron chi connectivity index (χ3n) is 3.17. The van der Waals surface area contributed by atoms with Crippen LogP contribution in [0.4, 0.5) is 0 Å². The molecule has 0 radical (unpaired) electrons. The number of carbonyl (C=O) groups excluding carboxylic acids is 1. The van der Waals surface area contributed by atoms with E-state index in [0.717, 1.165) is 11.6 Å². The number of nitrogens with zero attached hydrogens (tertiary/aromatic N) is 2.